The molecule has 5 nitrogen and oxygen atoms in total. The second-order valence-electron chi connectivity index (χ2n) is 7.14. The van der Waals surface area contributed by atoms with Gasteiger partial charge in [-0.25, -0.2) is 0 Å². The molecule has 5 heteroatoms. The van der Waals surface area contributed by atoms with E-state index < -0.39 is 6.04 Å². The predicted molar refractivity (Wildman–Crippen MR) is 116 cm³/mol. The number of rotatable bonds is 7. The molecular weight excluding hydrogens is 364 g/mol. The van der Waals surface area contributed by atoms with Crippen LogP contribution in [0.15, 0.2) is 66.7 Å². The van der Waals surface area contributed by atoms with Crippen molar-refractivity contribution in [1.82, 2.24) is 5.32 Å². The highest BCUT2D eigenvalue weighted by Crippen LogP contribution is 2.24. The Balaban J connectivity index is 1.81. The molecule has 0 unspecified atom stereocenters. The monoisotopic (exact) mass is 390 g/mol. The Bertz CT molecular complexity index is 1010. The van der Waals surface area contributed by atoms with Crippen LogP contribution in [0.3, 0.4) is 0 Å². The summed E-state index contributed by atoms with van der Waals surface area (Å²) in [5, 5.41) is 7.85. The minimum Gasteiger partial charge on any atom is -0.493 e. The number of hydrogen-bond acceptors (Lipinski definition) is 3. The third kappa shape index (κ3) is 4.74. The van der Waals surface area contributed by atoms with Gasteiger partial charge in [-0.2, -0.15) is 0 Å². The third-order valence-electron chi connectivity index (χ3n) is 4.71. The van der Waals surface area contributed by atoms with Crippen LogP contribution < -0.4 is 15.4 Å². The third-order valence-corrected chi connectivity index (χ3v) is 4.71. The molecule has 1 atom stereocenters. The Labute approximate surface area is 171 Å². The van der Waals surface area contributed by atoms with Crippen molar-refractivity contribution in [3.8, 4) is 5.75 Å². The van der Waals surface area contributed by atoms with Gasteiger partial charge in [0.2, 0.25) is 5.91 Å². The second kappa shape index (κ2) is 9.24. The molecule has 0 radical (unpaired) electrons. The van der Waals surface area contributed by atoms with E-state index in [9.17, 15) is 9.59 Å². The van der Waals surface area contributed by atoms with Crippen molar-refractivity contribution < 1.29 is 14.3 Å². The van der Waals surface area contributed by atoms with E-state index >= 15 is 0 Å². The van der Waals surface area contributed by atoms with Crippen molar-refractivity contribution >= 4 is 28.3 Å². The number of carbonyl (C=O) groups excluding carboxylic acids is 2. The summed E-state index contributed by atoms with van der Waals surface area (Å²) in [6.45, 7) is 6.13. The first kappa shape index (κ1) is 20.4. The van der Waals surface area contributed by atoms with Crippen molar-refractivity contribution in [1.29, 1.82) is 0 Å². The summed E-state index contributed by atoms with van der Waals surface area (Å²) >= 11 is 0. The lowest BCUT2D eigenvalue weighted by Gasteiger charge is -2.22. The number of ether oxygens (including phenoxy) is 1. The van der Waals surface area contributed by atoms with E-state index in [4.69, 9.17) is 4.74 Å². The summed E-state index contributed by atoms with van der Waals surface area (Å²) in [5.41, 5.74) is 1.14. The van der Waals surface area contributed by atoms with Crippen LogP contribution in [0.5, 0.6) is 5.75 Å². The van der Waals surface area contributed by atoms with E-state index in [1.165, 1.54) is 0 Å². The minimum atomic E-state index is -0.684. The molecule has 3 aromatic rings. The maximum Gasteiger partial charge on any atom is 0.255 e. The highest BCUT2D eigenvalue weighted by molar-refractivity contribution is 6.06. The van der Waals surface area contributed by atoms with E-state index in [0.29, 0.717) is 17.9 Å². The molecule has 0 fully saturated rings. The molecule has 0 aliphatic heterocycles. The molecule has 0 aliphatic rings. The molecule has 0 heterocycles. The van der Waals surface area contributed by atoms with Gasteiger partial charge < -0.3 is 15.4 Å². The zero-order chi connectivity index (χ0) is 20.8. The van der Waals surface area contributed by atoms with Crippen molar-refractivity contribution in [2.45, 2.75) is 26.8 Å². The molecule has 3 aromatic carbocycles. The van der Waals surface area contributed by atoms with Crippen LogP contribution in [0.4, 0.5) is 5.69 Å². The van der Waals surface area contributed by atoms with Gasteiger partial charge in [0.05, 0.1) is 12.2 Å². The summed E-state index contributed by atoms with van der Waals surface area (Å²) in [5.74, 6) is -0.169. The van der Waals surface area contributed by atoms with Gasteiger partial charge >= 0.3 is 0 Å². The maximum absolute atomic E-state index is 13.0. The molecule has 150 valence electrons. The first-order chi connectivity index (χ1) is 14.0. The van der Waals surface area contributed by atoms with Gasteiger partial charge in [-0.05, 0) is 36.4 Å². The zero-order valence-electron chi connectivity index (χ0n) is 16.9. The first-order valence-electron chi connectivity index (χ1n) is 9.82. The number of benzene rings is 3. The number of hydrogen-bond donors (Lipinski definition) is 2. The van der Waals surface area contributed by atoms with Gasteiger partial charge in [0, 0.05) is 11.1 Å². The molecule has 29 heavy (non-hydrogen) atoms. The molecule has 0 aromatic heterocycles. The summed E-state index contributed by atoms with van der Waals surface area (Å²) in [6, 6.07) is 20.0. The van der Waals surface area contributed by atoms with E-state index in [2.05, 4.69) is 10.6 Å². The quantitative estimate of drug-likeness (QED) is 0.618. The van der Waals surface area contributed by atoms with Crippen LogP contribution in [-0.2, 0) is 4.79 Å². The van der Waals surface area contributed by atoms with E-state index in [0.717, 1.165) is 16.5 Å². The average molecular weight is 390 g/mol. The standard InChI is InChI=1S/C24H26N2O3/c1-4-29-21-15-8-7-13-19(21)23(27)26-22(16(2)3)24(28)25-20-14-9-11-17-10-5-6-12-18(17)20/h5-16,22H,4H2,1-3H3,(H,25,28)(H,26,27)/t22-/m1/s1. The van der Waals surface area contributed by atoms with E-state index in [1.54, 1.807) is 18.2 Å². The van der Waals surface area contributed by atoms with Gasteiger partial charge in [0.25, 0.3) is 5.91 Å². The molecule has 3 rings (SSSR count). The van der Waals surface area contributed by atoms with Crippen LogP contribution in [0.1, 0.15) is 31.1 Å². The van der Waals surface area contributed by atoms with E-state index in [-0.39, 0.29) is 17.7 Å². The molecule has 2 N–H and O–H groups in total. The van der Waals surface area contributed by atoms with Gasteiger partial charge in [-0.3, -0.25) is 9.59 Å². The lowest BCUT2D eigenvalue weighted by atomic mass is 10.0. The van der Waals surface area contributed by atoms with Gasteiger partial charge in [-0.15, -0.1) is 0 Å². The molecule has 0 saturated carbocycles. The maximum atomic E-state index is 13.0. The highest BCUT2D eigenvalue weighted by Gasteiger charge is 2.26. The average Bonchev–Trinajstić information content (AvgIpc) is 2.72. The SMILES string of the molecule is CCOc1ccccc1C(=O)N[C@@H](C(=O)Nc1cccc2ccccc12)C(C)C. The van der Waals surface area contributed by atoms with Crippen LogP contribution in [0.2, 0.25) is 0 Å². The van der Waals surface area contributed by atoms with Crippen molar-refractivity contribution in [2.24, 2.45) is 5.92 Å². The number of para-hydroxylation sites is 1. The van der Waals surface area contributed by atoms with Gasteiger partial charge in [0.15, 0.2) is 0 Å². The Hall–Kier alpha value is -3.34. The van der Waals surface area contributed by atoms with Gasteiger partial charge in [0.1, 0.15) is 11.8 Å². The largest absolute Gasteiger partial charge is 0.493 e. The van der Waals surface area contributed by atoms with E-state index in [1.807, 2.05) is 69.3 Å². The Morgan fingerprint density at radius 1 is 0.931 bits per heavy atom. The number of nitrogens with one attached hydrogen (secondary N) is 2. The summed E-state index contributed by atoms with van der Waals surface area (Å²) in [4.78, 5) is 25.9. The van der Waals surface area contributed by atoms with Gasteiger partial charge in [-0.1, -0.05) is 62.4 Å². The highest BCUT2D eigenvalue weighted by atomic mass is 16.5. The van der Waals surface area contributed by atoms with Crippen molar-refractivity contribution in [2.75, 3.05) is 11.9 Å². The first-order valence-corrected chi connectivity index (χ1v) is 9.82. The van der Waals surface area contributed by atoms with Crippen LogP contribution in [0.25, 0.3) is 10.8 Å². The van der Waals surface area contributed by atoms with Crippen molar-refractivity contribution in [3.63, 3.8) is 0 Å². The van der Waals surface area contributed by atoms with Crippen LogP contribution >= 0.6 is 0 Å². The minimum absolute atomic E-state index is 0.0896. The lowest BCUT2D eigenvalue weighted by Crippen LogP contribution is -2.47. The topological polar surface area (TPSA) is 67.4 Å². The molecule has 0 saturated heterocycles. The van der Waals surface area contributed by atoms with Crippen LogP contribution in [0, 0.1) is 5.92 Å². The molecular formula is C24H26N2O3. The lowest BCUT2D eigenvalue weighted by molar-refractivity contribution is -0.118. The summed E-state index contributed by atoms with van der Waals surface area (Å²) in [6.07, 6.45) is 0. The summed E-state index contributed by atoms with van der Waals surface area (Å²) in [7, 11) is 0. The molecule has 0 bridgehead atoms. The Morgan fingerprint density at radius 3 is 2.38 bits per heavy atom. The number of carbonyl (C=O) groups is 2. The predicted octanol–water partition coefficient (Wildman–Crippen LogP) is 4.63. The zero-order valence-corrected chi connectivity index (χ0v) is 16.9. The van der Waals surface area contributed by atoms with Crippen molar-refractivity contribution in [3.05, 3.63) is 72.3 Å². The second-order valence-corrected chi connectivity index (χ2v) is 7.14. The normalized spacial score (nSPS) is 11.9. The number of fused-ring (bicyclic) bond motifs is 1. The smallest absolute Gasteiger partial charge is 0.255 e. The fourth-order valence-electron chi connectivity index (χ4n) is 3.23. The number of anilines is 1. The Morgan fingerprint density at radius 2 is 1.62 bits per heavy atom. The fourth-order valence-corrected chi connectivity index (χ4v) is 3.23. The number of amides is 2. The molecule has 0 spiro atoms. The fraction of sp³-hybridized carbons (Fsp3) is 0.250. The molecule has 2 amide bonds. The molecule has 0 aliphatic carbocycles. The Kier molecular flexibility index (Phi) is 6.50. The van der Waals surface area contributed by atoms with Crippen LogP contribution in [-0.4, -0.2) is 24.5 Å². The summed E-state index contributed by atoms with van der Waals surface area (Å²) < 4.78 is 5.54.